The van der Waals surface area contributed by atoms with Crippen molar-refractivity contribution in [2.45, 2.75) is 13.0 Å². The molecule has 0 unspecified atom stereocenters. The summed E-state index contributed by atoms with van der Waals surface area (Å²) >= 11 is 0. The number of benzene rings is 2. The van der Waals surface area contributed by atoms with Crippen molar-refractivity contribution in [2.24, 2.45) is 5.73 Å². The molecule has 6 nitrogen and oxygen atoms in total. The standard InChI is InChI=1S/C21H19N5O/c1-13-18-10-15(7-8-19(18)26-25-13)16-9-17(12-23-11-16)24-20(21(22)27)14-5-3-2-4-6-14/h2-12,20,24H,1H3,(H2,22,27)(H,25,26)/t20-/m0/s1. The number of aromatic nitrogens is 3. The first kappa shape index (κ1) is 16.8. The van der Waals surface area contributed by atoms with Crippen molar-refractivity contribution < 1.29 is 4.79 Å². The number of pyridine rings is 1. The molecule has 0 bridgehead atoms. The normalized spacial score (nSPS) is 12.0. The topological polar surface area (TPSA) is 96.7 Å². The van der Waals surface area contributed by atoms with Crippen LogP contribution in [-0.4, -0.2) is 21.1 Å². The number of nitrogens with one attached hydrogen (secondary N) is 2. The van der Waals surface area contributed by atoms with Gasteiger partial charge in [-0.05, 0) is 36.2 Å². The Morgan fingerprint density at radius 3 is 2.67 bits per heavy atom. The van der Waals surface area contributed by atoms with E-state index in [1.807, 2.05) is 55.5 Å². The number of amides is 1. The van der Waals surface area contributed by atoms with Crippen molar-refractivity contribution in [3.8, 4) is 11.1 Å². The van der Waals surface area contributed by atoms with Gasteiger partial charge in [0, 0.05) is 17.1 Å². The Hall–Kier alpha value is -3.67. The maximum absolute atomic E-state index is 11.9. The molecule has 0 spiro atoms. The number of hydrogen-bond donors (Lipinski definition) is 3. The highest BCUT2D eigenvalue weighted by molar-refractivity contribution is 5.87. The SMILES string of the molecule is Cc1n[nH]c2ccc(-c3cncc(N[C@H](C(N)=O)c4ccccc4)c3)cc12. The fourth-order valence-electron chi connectivity index (χ4n) is 3.13. The Bertz CT molecular complexity index is 1100. The predicted octanol–water partition coefficient (Wildman–Crippen LogP) is 3.57. The molecule has 4 rings (SSSR count). The van der Waals surface area contributed by atoms with Gasteiger partial charge in [0.1, 0.15) is 6.04 Å². The number of anilines is 1. The third kappa shape index (κ3) is 3.37. The van der Waals surface area contributed by atoms with E-state index < -0.39 is 11.9 Å². The van der Waals surface area contributed by atoms with Crippen LogP contribution in [0.5, 0.6) is 0 Å². The van der Waals surface area contributed by atoms with Crippen LogP contribution in [0, 0.1) is 6.92 Å². The second-order valence-electron chi connectivity index (χ2n) is 6.42. The van der Waals surface area contributed by atoms with E-state index in [2.05, 4.69) is 26.6 Å². The van der Waals surface area contributed by atoms with Gasteiger partial charge in [0.15, 0.2) is 0 Å². The molecule has 0 aliphatic rings. The molecule has 1 amide bonds. The molecule has 4 N–H and O–H groups in total. The number of nitrogens with two attached hydrogens (primary N) is 1. The summed E-state index contributed by atoms with van der Waals surface area (Å²) in [5.74, 6) is -0.443. The molecule has 0 aliphatic heterocycles. The molecule has 0 fully saturated rings. The first-order valence-corrected chi connectivity index (χ1v) is 8.63. The average Bonchev–Trinajstić information content (AvgIpc) is 3.07. The van der Waals surface area contributed by atoms with Crippen LogP contribution in [0.15, 0.2) is 67.0 Å². The van der Waals surface area contributed by atoms with E-state index in [-0.39, 0.29) is 0 Å². The van der Waals surface area contributed by atoms with Gasteiger partial charge >= 0.3 is 0 Å². The minimum atomic E-state index is -0.623. The zero-order valence-electron chi connectivity index (χ0n) is 14.8. The van der Waals surface area contributed by atoms with Gasteiger partial charge in [-0.25, -0.2) is 0 Å². The zero-order valence-corrected chi connectivity index (χ0v) is 14.8. The third-order valence-corrected chi connectivity index (χ3v) is 4.55. The van der Waals surface area contributed by atoms with Crippen LogP contribution in [-0.2, 0) is 4.79 Å². The van der Waals surface area contributed by atoms with E-state index in [1.165, 1.54) is 0 Å². The summed E-state index contributed by atoms with van der Waals surface area (Å²) in [5, 5.41) is 11.5. The molecule has 2 aromatic carbocycles. The lowest BCUT2D eigenvalue weighted by atomic mass is 10.0. The van der Waals surface area contributed by atoms with Gasteiger partial charge in [0.25, 0.3) is 0 Å². The molecule has 6 heteroatoms. The van der Waals surface area contributed by atoms with Crippen molar-refractivity contribution >= 4 is 22.5 Å². The summed E-state index contributed by atoms with van der Waals surface area (Å²) in [7, 11) is 0. The molecule has 1 atom stereocenters. The minimum Gasteiger partial charge on any atom is -0.369 e. The molecular formula is C21H19N5O. The number of carbonyl (C=O) groups excluding carboxylic acids is 1. The van der Waals surface area contributed by atoms with Gasteiger partial charge in [-0.2, -0.15) is 5.10 Å². The molecule has 2 heterocycles. The number of H-pyrrole nitrogens is 1. The second-order valence-corrected chi connectivity index (χ2v) is 6.42. The summed E-state index contributed by atoms with van der Waals surface area (Å²) in [6.07, 6.45) is 3.48. The first-order chi connectivity index (χ1) is 13.1. The Kier molecular flexibility index (Phi) is 4.30. The molecule has 0 saturated carbocycles. The van der Waals surface area contributed by atoms with Gasteiger partial charge in [-0.3, -0.25) is 14.9 Å². The van der Waals surface area contributed by atoms with E-state index in [4.69, 9.17) is 5.73 Å². The van der Waals surface area contributed by atoms with E-state index in [9.17, 15) is 4.79 Å². The van der Waals surface area contributed by atoms with Crippen LogP contribution in [0.25, 0.3) is 22.0 Å². The van der Waals surface area contributed by atoms with Crippen LogP contribution in [0.2, 0.25) is 0 Å². The maximum Gasteiger partial charge on any atom is 0.244 e. The van der Waals surface area contributed by atoms with Gasteiger partial charge in [-0.15, -0.1) is 0 Å². The Morgan fingerprint density at radius 1 is 1.07 bits per heavy atom. The lowest BCUT2D eigenvalue weighted by Gasteiger charge is -2.17. The molecule has 0 saturated heterocycles. The number of aryl methyl sites for hydroxylation is 1. The van der Waals surface area contributed by atoms with E-state index in [0.717, 1.165) is 39.0 Å². The summed E-state index contributed by atoms with van der Waals surface area (Å²) < 4.78 is 0. The second kappa shape index (κ2) is 6.92. The molecule has 4 aromatic rings. The van der Waals surface area contributed by atoms with Crippen molar-refractivity contribution in [3.63, 3.8) is 0 Å². The number of nitrogens with zero attached hydrogens (tertiary/aromatic N) is 2. The van der Waals surface area contributed by atoms with Crippen LogP contribution >= 0.6 is 0 Å². The van der Waals surface area contributed by atoms with Crippen LogP contribution < -0.4 is 11.1 Å². The maximum atomic E-state index is 11.9. The number of carbonyl (C=O) groups is 1. The third-order valence-electron chi connectivity index (χ3n) is 4.55. The molecule has 2 aromatic heterocycles. The largest absolute Gasteiger partial charge is 0.369 e. The zero-order chi connectivity index (χ0) is 18.8. The van der Waals surface area contributed by atoms with Crippen molar-refractivity contribution in [3.05, 3.63) is 78.2 Å². The Balaban J connectivity index is 1.67. The molecule has 27 heavy (non-hydrogen) atoms. The van der Waals surface area contributed by atoms with Crippen LogP contribution in [0.1, 0.15) is 17.3 Å². The molecule has 134 valence electrons. The average molecular weight is 357 g/mol. The minimum absolute atomic E-state index is 0.443. The number of primary amides is 1. The van der Waals surface area contributed by atoms with E-state index >= 15 is 0 Å². The van der Waals surface area contributed by atoms with Gasteiger partial charge in [0.05, 0.1) is 23.1 Å². The lowest BCUT2D eigenvalue weighted by molar-refractivity contribution is -0.118. The summed E-state index contributed by atoms with van der Waals surface area (Å²) in [6, 6.07) is 16.8. The Labute approximate surface area is 156 Å². The van der Waals surface area contributed by atoms with Crippen LogP contribution in [0.4, 0.5) is 5.69 Å². The fraction of sp³-hybridized carbons (Fsp3) is 0.0952. The lowest BCUT2D eigenvalue weighted by Crippen LogP contribution is -2.27. The highest BCUT2D eigenvalue weighted by atomic mass is 16.1. The van der Waals surface area contributed by atoms with E-state index in [1.54, 1.807) is 12.4 Å². The Morgan fingerprint density at radius 2 is 1.89 bits per heavy atom. The fourth-order valence-corrected chi connectivity index (χ4v) is 3.13. The smallest absolute Gasteiger partial charge is 0.244 e. The van der Waals surface area contributed by atoms with Crippen molar-refractivity contribution in [2.75, 3.05) is 5.32 Å². The highest BCUT2D eigenvalue weighted by Gasteiger charge is 2.17. The highest BCUT2D eigenvalue weighted by Crippen LogP contribution is 2.27. The molecule has 0 radical (unpaired) electrons. The first-order valence-electron chi connectivity index (χ1n) is 8.63. The number of rotatable bonds is 5. The number of hydrogen-bond acceptors (Lipinski definition) is 4. The van der Waals surface area contributed by atoms with E-state index in [0.29, 0.717) is 0 Å². The van der Waals surface area contributed by atoms with Crippen LogP contribution in [0.3, 0.4) is 0 Å². The van der Waals surface area contributed by atoms with Crippen molar-refractivity contribution in [1.29, 1.82) is 0 Å². The molecular weight excluding hydrogens is 338 g/mol. The summed E-state index contributed by atoms with van der Waals surface area (Å²) in [6.45, 7) is 1.97. The number of aromatic amines is 1. The number of fused-ring (bicyclic) bond motifs is 1. The van der Waals surface area contributed by atoms with Gasteiger partial charge < -0.3 is 11.1 Å². The summed E-state index contributed by atoms with van der Waals surface area (Å²) in [4.78, 5) is 16.3. The quantitative estimate of drug-likeness (QED) is 0.509. The van der Waals surface area contributed by atoms with Gasteiger partial charge in [0.2, 0.25) is 5.91 Å². The monoisotopic (exact) mass is 357 g/mol. The summed E-state index contributed by atoms with van der Waals surface area (Å²) in [5.41, 5.74) is 11.1. The van der Waals surface area contributed by atoms with Crippen molar-refractivity contribution in [1.82, 2.24) is 15.2 Å². The van der Waals surface area contributed by atoms with Gasteiger partial charge in [-0.1, -0.05) is 36.4 Å². The molecule has 0 aliphatic carbocycles. The predicted molar refractivity (Wildman–Crippen MR) is 106 cm³/mol.